The number of amides is 1. The maximum absolute atomic E-state index is 13.7. The van der Waals surface area contributed by atoms with E-state index in [-0.39, 0.29) is 19.1 Å². The molecule has 4 rings (SSSR count). The van der Waals surface area contributed by atoms with E-state index in [0.29, 0.717) is 23.4 Å². The predicted molar refractivity (Wildman–Crippen MR) is 159 cm³/mol. The Kier molecular flexibility index (Phi) is 9.97. The highest BCUT2D eigenvalue weighted by Gasteiger charge is 2.59. The number of methoxy groups -OCH3 is 1. The second-order valence-electron chi connectivity index (χ2n) is 11.8. The standard InChI is InChI=1S/C32H42ClN3O5/c1-7-16-41-31(38)36-27(23-14-9-10-15-24(23)33)26(25(32(3,4)5)28(36)30(37)40-8-2)34-19-22-17-21(20-12-11-13-20)18-35-29(22)39-6/h7,9-10,14-15,17-18,20,25-28,34H,1,8,11-13,16,19H2,2-6H3/t25-,26-,27-,28-/m0/s1. The van der Waals surface area contributed by atoms with Gasteiger partial charge in [0, 0.05) is 35.3 Å². The third-order valence-corrected chi connectivity index (χ3v) is 8.54. The first kappa shape index (κ1) is 30.8. The molecule has 9 heteroatoms. The first-order valence-electron chi connectivity index (χ1n) is 14.4. The van der Waals surface area contributed by atoms with Crippen LogP contribution in [0.15, 0.2) is 49.2 Å². The summed E-state index contributed by atoms with van der Waals surface area (Å²) < 4.78 is 16.7. The molecule has 1 saturated heterocycles. The van der Waals surface area contributed by atoms with E-state index >= 15 is 0 Å². The number of likely N-dealkylation sites (tertiary alicyclic amines) is 1. The fraction of sp³-hybridized carbons (Fsp3) is 0.531. The molecule has 2 fully saturated rings. The van der Waals surface area contributed by atoms with Gasteiger partial charge in [0.15, 0.2) is 0 Å². The lowest BCUT2D eigenvalue weighted by atomic mass is 9.72. The molecule has 1 saturated carbocycles. The molecule has 1 aliphatic carbocycles. The van der Waals surface area contributed by atoms with Crippen LogP contribution in [0, 0.1) is 11.3 Å². The minimum absolute atomic E-state index is 0.00915. The molecule has 0 bridgehead atoms. The van der Waals surface area contributed by atoms with Crippen molar-refractivity contribution in [3.05, 3.63) is 70.9 Å². The molecule has 41 heavy (non-hydrogen) atoms. The number of halogens is 1. The highest BCUT2D eigenvalue weighted by molar-refractivity contribution is 6.31. The lowest BCUT2D eigenvalue weighted by Gasteiger charge is -2.36. The Labute approximate surface area is 248 Å². The first-order chi connectivity index (χ1) is 19.6. The quantitative estimate of drug-likeness (QED) is 0.254. The molecule has 1 aromatic carbocycles. The van der Waals surface area contributed by atoms with Crippen LogP contribution in [0.5, 0.6) is 5.88 Å². The molecule has 8 nitrogen and oxygen atoms in total. The molecule has 0 radical (unpaired) electrons. The third-order valence-electron chi connectivity index (χ3n) is 8.20. The van der Waals surface area contributed by atoms with E-state index in [4.69, 9.17) is 25.8 Å². The number of nitrogens with zero attached hydrogens (tertiary/aromatic N) is 2. The van der Waals surface area contributed by atoms with E-state index in [0.717, 1.165) is 24.0 Å². The van der Waals surface area contributed by atoms with Crippen LogP contribution in [-0.4, -0.2) is 54.4 Å². The van der Waals surface area contributed by atoms with Gasteiger partial charge in [0.2, 0.25) is 5.88 Å². The molecular weight excluding hydrogens is 542 g/mol. The van der Waals surface area contributed by atoms with Crippen molar-refractivity contribution in [1.29, 1.82) is 0 Å². The van der Waals surface area contributed by atoms with Gasteiger partial charge in [-0.25, -0.2) is 14.6 Å². The summed E-state index contributed by atoms with van der Waals surface area (Å²) in [6, 6.07) is 7.65. The fourth-order valence-corrected chi connectivity index (χ4v) is 6.41. The normalized spacial score (nSPS) is 22.6. The van der Waals surface area contributed by atoms with Crippen molar-refractivity contribution in [2.45, 2.75) is 77.5 Å². The Morgan fingerprint density at radius 3 is 2.54 bits per heavy atom. The van der Waals surface area contributed by atoms with Gasteiger partial charge >= 0.3 is 12.1 Å². The molecule has 2 aliphatic rings. The average molecular weight is 584 g/mol. The fourth-order valence-electron chi connectivity index (χ4n) is 6.16. The summed E-state index contributed by atoms with van der Waals surface area (Å²) in [5, 5.41) is 4.21. The van der Waals surface area contributed by atoms with Gasteiger partial charge in [-0.2, -0.15) is 0 Å². The van der Waals surface area contributed by atoms with Crippen LogP contribution in [-0.2, 0) is 20.8 Å². The van der Waals surface area contributed by atoms with Gasteiger partial charge in [-0.05, 0) is 54.4 Å². The third kappa shape index (κ3) is 6.54. The summed E-state index contributed by atoms with van der Waals surface area (Å²) in [6.45, 7) is 12.3. The van der Waals surface area contributed by atoms with Crippen LogP contribution >= 0.6 is 11.6 Å². The summed E-state index contributed by atoms with van der Waals surface area (Å²) in [5.74, 6) is 0.230. The van der Waals surface area contributed by atoms with Gasteiger partial charge < -0.3 is 19.5 Å². The highest BCUT2D eigenvalue weighted by atomic mass is 35.5. The Hall–Kier alpha value is -3.10. The van der Waals surface area contributed by atoms with E-state index in [9.17, 15) is 9.59 Å². The minimum Gasteiger partial charge on any atom is -0.481 e. The second kappa shape index (κ2) is 13.3. The summed E-state index contributed by atoms with van der Waals surface area (Å²) in [6.07, 6.45) is 6.33. The summed E-state index contributed by atoms with van der Waals surface area (Å²) in [7, 11) is 1.61. The number of carbonyl (C=O) groups is 2. The van der Waals surface area contributed by atoms with E-state index in [1.165, 1.54) is 23.0 Å². The predicted octanol–water partition coefficient (Wildman–Crippen LogP) is 6.44. The van der Waals surface area contributed by atoms with Crippen LogP contribution in [0.1, 0.15) is 75.6 Å². The lowest BCUT2D eigenvalue weighted by molar-refractivity contribution is -0.151. The molecule has 1 N–H and O–H groups in total. The molecule has 1 aromatic heterocycles. The Morgan fingerprint density at radius 1 is 1.22 bits per heavy atom. The molecule has 1 aliphatic heterocycles. The van der Waals surface area contributed by atoms with Crippen molar-refractivity contribution in [2.75, 3.05) is 20.3 Å². The topological polar surface area (TPSA) is 90.0 Å². The van der Waals surface area contributed by atoms with Crippen molar-refractivity contribution in [3.8, 4) is 5.88 Å². The number of hydrogen-bond acceptors (Lipinski definition) is 7. The smallest absolute Gasteiger partial charge is 0.411 e. The zero-order chi connectivity index (χ0) is 29.7. The second-order valence-corrected chi connectivity index (χ2v) is 12.2. The molecule has 1 amide bonds. The molecule has 2 aromatic rings. The Morgan fingerprint density at radius 2 is 1.95 bits per heavy atom. The van der Waals surface area contributed by atoms with Crippen molar-refractivity contribution in [2.24, 2.45) is 11.3 Å². The molecule has 222 valence electrons. The SMILES string of the molecule is C=CCOC(=O)N1[C@H](C(=O)OCC)[C@@H](C(C)(C)C)[C@H](NCc2cc(C3CCC3)cnc2OC)[C@@H]1c1ccccc1Cl. The number of esters is 1. The minimum atomic E-state index is -0.910. The van der Waals surface area contributed by atoms with Crippen LogP contribution in [0.3, 0.4) is 0 Å². The summed E-state index contributed by atoms with van der Waals surface area (Å²) in [5.41, 5.74) is 2.42. The van der Waals surface area contributed by atoms with Crippen molar-refractivity contribution >= 4 is 23.7 Å². The maximum Gasteiger partial charge on any atom is 0.411 e. The first-order valence-corrected chi connectivity index (χ1v) is 14.7. The van der Waals surface area contributed by atoms with E-state index in [1.807, 2.05) is 24.4 Å². The van der Waals surface area contributed by atoms with E-state index in [2.05, 4.69) is 43.7 Å². The van der Waals surface area contributed by atoms with Crippen LogP contribution in [0.2, 0.25) is 5.02 Å². The van der Waals surface area contributed by atoms with Crippen molar-refractivity contribution < 1.29 is 23.8 Å². The van der Waals surface area contributed by atoms with Gasteiger partial charge in [-0.3, -0.25) is 4.90 Å². The highest BCUT2D eigenvalue weighted by Crippen LogP contribution is 2.50. The van der Waals surface area contributed by atoms with Gasteiger partial charge in [0.05, 0.1) is 19.8 Å². The zero-order valence-electron chi connectivity index (χ0n) is 24.7. The largest absolute Gasteiger partial charge is 0.481 e. The van der Waals surface area contributed by atoms with Gasteiger partial charge in [0.1, 0.15) is 12.6 Å². The van der Waals surface area contributed by atoms with Crippen LogP contribution < -0.4 is 10.1 Å². The van der Waals surface area contributed by atoms with Gasteiger partial charge in [-0.1, -0.05) is 69.6 Å². The van der Waals surface area contributed by atoms with Crippen molar-refractivity contribution in [3.63, 3.8) is 0 Å². The molecule has 0 unspecified atom stereocenters. The number of ether oxygens (including phenoxy) is 3. The lowest BCUT2D eigenvalue weighted by Crippen LogP contribution is -2.49. The molecule has 0 spiro atoms. The summed E-state index contributed by atoms with van der Waals surface area (Å²) in [4.78, 5) is 33.5. The van der Waals surface area contributed by atoms with Crippen LogP contribution in [0.25, 0.3) is 0 Å². The molecule has 2 heterocycles. The Balaban J connectivity index is 1.82. The number of nitrogens with one attached hydrogen (secondary N) is 1. The van der Waals surface area contributed by atoms with Crippen molar-refractivity contribution in [1.82, 2.24) is 15.2 Å². The van der Waals surface area contributed by atoms with E-state index in [1.54, 1.807) is 20.1 Å². The summed E-state index contributed by atoms with van der Waals surface area (Å²) >= 11 is 6.77. The number of carbonyl (C=O) groups excluding carboxylic acids is 2. The number of rotatable bonds is 10. The van der Waals surface area contributed by atoms with Gasteiger partial charge in [0.25, 0.3) is 0 Å². The zero-order valence-corrected chi connectivity index (χ0v) is 25.4. The number of benzene rings is 1. The monoisotopic (exact) mass is 583 g/mol. The number of aromatic nitrogens is 1. The number of hydrogen-bond donors (Lipinski definition) is 1. The Bertz CT molecular complexity index is 1240. The average Bonchev–Trinajstić information content (AvgIpc) is 3.26. The van der Waals surface area contributed by atoms with Gasteiger partial charge in [-0.15, -0.1) is 0 Å². The number of pyridine rings is 1. The maximum atomic E-state index is 13.7. The van der Waals surface area contributed by atoms with E-state index < -0.39 is 35.6 Å². The van der Waals surface area contributed by atoms with Crippen LogP contribution in [0.4, 0.5) is 4.79 Å². The molecular formula is C32H42ClN3O5. The molecule has 4 atom stereocenters.